The molecule has 3 rings (SSSR count). The zero-order valence-electron chi connectivity index (χ0n) is 11.9. The number of nitrogens with two attached hydrogens (primary N) is 1. The molecular formula is C14H24N4OS. The minimum Gasteiger partial charge on any atom is -0.392 e. The predicted molar refractivity (Wildman–Crippen MR) is 79.5 cm³/mol. The van der Waals surface area contributed by atoms with Crippen LogP contribution in [0.4, 0.5) is 0 Å². The van der Waals surface area contributed by atoms with E-state index in [9.17, 15) is 5.11 Å². The smallest absolute Gasteiger partial charge is 0.191 e. The van der Waals surface area contributed by atoms with Gasteiger partial charge in [0, 0.05) is 11.8 Å². The number of aliphatic hydroxyl groups excluding tert-OH is 1. The van der Waals surface area contributed by atoms with Gasteiger partial charge < -0.3 is 15.4 Å². The molecule has 112 valence electrons. The van der Waals surface area contributed by atoms with E-state index in [0.717, 1.165) is 23.3 Å². The summed E-state index contributed by atoms with van der Waals surface area (Å²) in [7, 11) is 0. The van der Waals surface area contributed by atoms with Crippen LogP contribution in [0, 0.1) is 5.92 Å². The van der Waals surface area contributed by atoms with Gasteiger partial charge in [0.2, 0.25) is 0 Å². The molecule has 1 aromatic rings. The zero-order valence-corrected chi connectivity index (χ0v) is 12.7. The topological polar surface area (TPSA) is 77.0 Å². The summed E-state index contributed by atoms with van der Waals surface area (Å²) in [5, 5.41) is 19.5. The molecule has 0 aliphatic heterocycles. The quantitative estimate of drug-likeness (QED) is 0.754. The van der Waals surface area contributed by atoms with Gasteiger partial charge in [0.25, 0.3) is 0 Å². The third-order valence-corrected chi connectivity index (χ3v) is 5.40. The molecule has 0 bridgehead atoms. The number of aromatic nitrogens is 3. The molecule has 1 atom stereocenters. The fourth-order valence-corrected chi connectivity index (χ4v) is 4.08. The first-order valence-corrected chi connectivity index (χ1v) is 8.71. The standard InChI is InChI=1S/C14H24N4OS/c15-8-13-16-17-14(18(13)11-5-6-11)20-9-12(19)7-10-3-1-2-4-10/h10-12,19H,1-9,15H2. The molecule has 20 heavy (non-hydrogen) atoms. The van der Waals surface area contributed by atoms with Gasteiger partial charge in [0.1, 0.15) is 5.82 Å². The molecule has 1 unspecified atom stereocenters. The molecule has 1 heterocycles. The van der Waals surface area contributed by atoms with Crippen LogP contribution in [0.25, 0.3) is 0 Å². The van der Waals surface area contributed by atoms with Crippen molar-refractivity contribution in [3.05, 3.63) is 5.82 Å². The molecule has 0 aromatic carbocycles. The highest BCUT2D eigenvalue weighted by molar-refractivity contribution is 7.99. The maximum absolute atomic E-state index is 10.2. The van der Waals surface area contributed by atoms with Gasteiger partial charge in [-0.3, -0.25) is 0 Å². The Bertz CT molecular complexity index is 440. The minimum absolute atomic E-state index is 0.228. The van der Waals surface area contributed by atoms with Crippen LogP contribution in [0.2, 0.25) is 0 Å². The first-order chi connectivity index (χ1) is 9.78. The molecule has 0 amide bonds. The Morgan fingerprint density at radius 2 is 2.00 bits per heavy atom. The molecular weight excluding hydrogens is 272 g/mol. The second-order valence-corrected chi connectivity index (χ2v) is 7.04. The van der Waals surface area contributed by atoms with Crippen LogP contribution in [-0.2, 0) is 6.54 Å². The largest absolute Gasteiger partial charge is 0.392 e. The number of hydrogen-bond acceptors (Lipinski definition) is 5. The van der Waals surface area contributed by atoms with Crippen LogP contribution < -0.4 is 5.73 Å². The molecule has 2 fully saturated rings. The molecule has 5 nitrogen and oxygen atoms in total. The van der Waals surface area contributed by atoms with E-state index < -0.39 is 0 Å². The van der Waals surface area contributed by atoms with Gasteiger partial charge in [-0.05, 0) is 25.2 Å². The Morgan fingerprint density at radius 1 is 1.25 bits per heavy atom. The highest BCUT2D eigenvalue weighted by atomic mass is 32.2. The van der Waals surface area contributed by atoms with Crippen LogP contribution in [0.5, 0.6) is 0 Å². The van der Waals surface area contributed by atoms with Gasteiger partial charge in [-0.2, -0.15) is 0 Å². The van der Waals surface area contributed by atoms with Crippen molar-refractivity contribution in [2.75, 3.05) is 5.75 Å². The van der Waals surface area contributed by atoms with Crippen LogP contribution in [0.3, 0.4) is 0 Å². The summed E-state index contributed by atoms with van der Waals surface area (Å²) in [4.78, 5) is 0. The predicted octanol–water partition coefficient (Wildman–Crippen LogP) is 2.10. The van der Waals surface area contributed by atoms with Crippen molar-refractivity contribution in [3.63, 3.8) is 0 Å². The summed E-state index contributed by atoms with van der Waals surface area (Å²) in [5.74, 6) is 2.32. The van der Waals surface area contributed by atoms with E-state index in [1.165, 1.54) is 38.5 Å². The lowest BCUT2D eigenvalue weighted by atomic mass is 10.0. The second-order valence-electron chi connectivity index (χ2n) is 6.06. The number of thioether (sulfide) groups is 1. The van der Waals surface area contributed by atoms with Gasteiger partial charge in [-0.15, -0.1) is 10.2 Å². The van der Waals surface area contributed by atoms with Crippen molar-refractivity contribution < 1.29 is 5.11 Å². The summed E-state index contributed by atoms with van der Waals surface area (Å²) < 4.78 is 2.17. The molecule has 2 aliphatic rings. The molecule has 0 radical (unpaired) electrons. The fourth-order valence-electron chi connectivity index (χ4n) is 3.11. The lowest BCUT2D eigenvalue weighted by Crippen LogP contribution is -2.15. The Hall–Kier alpha value is -0.590. The number of nitrogens with zero attached hydrogens (tertiary/aromatic N) is 3. The van der Waals surface area contributed by atoms with Crippen LogP contribution >= 0.6 is 11.8 Å². The van der Waals surface area contributed by atoms with E-state index >= 15 is 0 Å². The number of aliphatic hydroxyl groups is 1. The molecule has 6 heteroatoms. The minimum atomic E-state index is -0.228. The van der Waals surface area contributed by atoms with E-state index in [0.29, 0.717) is 18.3 Å². The Labute approximate surface area is 124 Å². The summed E-state index contributed by atoms with van der Waals surface area (Å²) in [5.41, 5.74) is 5.71. The molecule has 3 N–H and O–H groups in total. The van der Waals surface area contributed by atoms with Gasteiger partial charge in [-0.25, -0.2) is 0 Å². The lowest BCUT2D eigenvalue weighted by Gasteiger charge is -2.15. The molecule has 2 aliphatic carbocycles. The van der Waals surface area contributed by atoms with Crippen LogP contribution in [-0.4, -0.2) is 31.7 Å². The number of rotatable bonds is 7. The summed E-state index contributed by atoms with van der Waals surface area (Å²) in [6.45, 7) is 0.439. The summed E-state index contributed by atoms with van der Waals surface area (Å²) >= 11 is 1.63. The van der Waals surface area contributed by atoms with E-state index in [1.54, 1.807) is 11.8 Å². The Balaban J connectivity index is 1.53. The van der Waals surface area contributed by atoms with Crippen molar-refractivity contribution in [2.45, 2.75) is 68.8 Å². The van der Waals surface area contributed by atoms with Crippen molar-refractivity contribution in [1.29, 1.82) is 0 Å². The third-order valence-electron chi connectivity index (χ3n) is 4.31. The molecule has 2 saturated carbocycles. The first-order valence-electron chi connectivity index (χ1n) is 7.72. The van der Waals surface area contributed by atoms with Crippen molar-refractivity contribution in [2.24, 2.45) is 11.7 Å². The van der Waals surface area contributed by atoms with Gasteiger partial charge in [-0.1, -0.05) is 37.4 Å². The Kier molecular flexibility index (Phi) is 4.63. The molecule has 0 spiro atoms. The summed E-state index contributed by atoms with van der Waals surface area (Å²) in [6.07, 6.45) is 8.35. The van der Waals surface area contributed by atoms with E-state index in [1.807, 2.05) is 0 Å². The van der Waals surface area contributed by atoms with Crippen LogP contribution in [0.15, 0.2) is 5.16 Å². The Morgan fingerprint density at radius 3 is 2.65 bits per heavy atom. The van der Waals surface area contributed by atoms with Crippen LogP contribution in [0.1, 0.15) is 56.8 Å². The van der Waals surface area contributed by atoms with E-state index in [2.05, 4.69) is 14.8 Å². The maximum Gasteiger partial charge on any atom is 0.191 e. The third kappa shape index (κ3) is 3.35. The average Bonchev–Trinajstić information content (AvgIpc) is 3.00. The van der Waals surface area contributed by atoms with Crippen molar-refractivity contribution >= 4 is 11.8 Å². The van der Waals surface area contributed by atoms with Gasteiger partial charge >= 0.3 is 0 Å². The SMILES string of the molecule is NCc1nnc(SCC(O)CC2CCCC2)n1C1CC1. The normalized spacial score (nSPS) is 21.5. The zero-order chi connectivity index (χ0) is 13.9. The van der Waals surface area contributed by atoms with Gasteiger partial charge in [0.15, 0.2) is 5.16 Å². The summed E-state index contributed by atoms with van der Waals surface area (Å²) in [6, 6.07) is 0.540. The van der Waals surface area contributed by atoms with E-state index in [4.69, 9.17) is 5.73 Å². The highest BCUT2D eigenvalue weighted by Crippen LogP contribution is 2.39. The fraction of sp³-hybridized carbons (Fsp3) is 0.857. The first kappa shape index (κ1) is 14.4. The molecule has 0 saturated heterocycles. The van der Waals surface area contributed by atoms with Gasteiger partial charge in [0.05, 0.1) is 12.6 Å². The maximum atomic E-state index is 10.2. The second kappa shape index (κ2) is 6.45. The number of hydrogen-bond donors (Lipinski definition) is 2. The monoisotopic (exact) mass is 296 g/mol. The van der Waals surface area contributed by atoms with Crippen molar-refractivity contribution in [3.8, 4) is 0 Å². The van der Waals surface area contributed by atoms with Crippen molar-refractivity contribution in [1.82, 2.24) is 14.8 Å². The van der Waals surface area contributed by atoms with E-state index in [-0.39, 0.29) is 6.10 Å². The average molecular weight is 296 g/mol. The lowest BCUT2D eigenvalue weighted by molar-refractivity contribution is 0.165. The molecule has 1 aromatic heterocycles. The highest BCUT2D eigenvalue weighted by Gasteiger charge is 2.29.